The van der Waals surface area contributed by atoms with Crippen molar-refractivity contribution >= 4 is 17.7 Å². The number of alkyl carbamates (subject to hydrolysis) is 1. The van der Waals surface area contributed by atoms with Crippen molar-refractivity contribution in [3.63, 3.8) is 0 Å². The van der Waals surface area contributed by atoms with Crippen molar-refractivity contribution in [3.8, 4) is 11.8 Å². The van der Waals surface area contributed by atoms with Crippen LogP contribution in [0.4, 0.5) is 9.18 Å². The minimum absolute atomic E-state index is 0.183. The minimum Gasteiger partial charge on any atom is -0.444 e. The number of nitrogens with one attached hydrogen (secondary N) is 1. The molecule has 20 heavy (non-hydrogen) atoms. The van der Waals surface area contributed by atoms with Crippen LogP contribution in [0.25, 0.3) is 0 Å². The van der Waals surface area contributed by atoms with Crippen molar-refractivity contribution in [2.45, 2.75) is 32.8 Å². The molecule has 0 bridgehead atoms. The van der Waals surface area contributed by atoms with Crippen LogP contribution in [0.15, 0.2) is 12.3 Å². The van der Waals surface area contributed by atoms with Crippen molar-refractivity contribution in [1.82, 2.24) is 10.3 Å². The zero-order valence-electron chi connectivity index (χ0n) is 11.6. The van der Waals surface area contributed by atoms with Crippen LogP contribution in [0.5, 0.6) is 0 Å². The van der Waals surface area contributed by atoms with Gasteiger partial charge in [-0.2, -0.15) is 0 Å². The number of carbonyl (C=O) groups is 1. The molecule has 0 aliphatic carbocycles. The van der Waals surface area contributed by atoms with E-state index < -0.39 is 17.5 Å². The molecule has 0 aliphatic heterocycles. The van der Waals surface area contributed by atoms with Gasteiger partial charge in [-0.25, -0.2) is 14.2 Å². The second-order valence-corrected chi connectivity index (χ2v) is 5.30. The van der Waals surface area contributed by atoms with Crippen LogP contribution in [-0.4, -0.2) is 23.2 Å². The molecule has 1 amide bonds. The maximum Gasteiger partial charge on any atom is 0.407 e. The largest absolute Gasteiger partial charge is 0.444 e. The summed E-state index contributed by atoms with van der Waals surface area (Å²) in [6.07, 6.45) is 1.25. The molecule has 1 aromatic rings. The normalized spacial score (nSPS) is 10.4. The Morgan fingerprint density at radius 1 is 1.55 bits per heavy atom. The average molecular weight is 299 g/mol. The van der Waals surface area contributed by atoms with Crippen LogP contribution >= 0.6 is 11.6 Å². The van der Waals surface area contributed by atoms with Gasteiger partial charge in [0, 0.05) is 19.2 Å². The third kappa shape index (κ3) is 5.89. The number of hydrogen-bond acceptors (Lipinski definition) is 3. The topological polar surface area (TPSA) is 51.2 Å². The second kappa shape index (κ2) is 7.11. The number of carbonyl (C=O) groups excluding carboxylic acids is 1. The summed E-state index contributed by atoms with van der Waals surface area (Å²) in [5.41, 5.74) is -0.352. The quantitative estimate of drug-likeness (QED) is 0.518. The molecule has 1 heterocycles. The number of amides is 1. The van der Waals surface area contributed by atoms with Gasteiger partial charge in [-0.15, -0.1) is 0 Å². The Kier molecular flexibility index (Phi) is 5.78. The summed E-state index contributed by atoms with van der Waals surface area (Å²) in [6.45, 7) is 5.66. The highest BCUT2D eigenvalue weighted by Crippen LogP contribution is 2.13. The van der Waals surface area contributed by atoms with Crippen molar-refractivity contribution in [1.29, 1.82) is 0 Å². The molecule has 1 N–H and O–H groups in total. The monoisotopic (exact) mass is 298 g/mol. The Labute approximate surface area is 122 Å². The van der Waals surface area contributed by atoms with E-state index in [1.54, 1.807) is 20.8 Å². The molecular formula is C14H16ClFN2O2. The van der Waals surface area contributed by atoms with Gasteiger partial charge in [0.05, 0.1) is 5.56 Å². The Bertz CT molecular complexity index is 544. The summed E-state index contributed by atoms with van der Waals surface area (Å²) < 4.78 is 18.5. The lowest BCUT2D eigenvalue weighted by Gasteiger charge is -2.19. The van der Waals surface area contributed by atoms with E-state index in [1.165, 1.54) is 12.3 Å². The molecule has 4 nitrogen and oxygen atoms in total. The summed E-state index contributed by atoms with van der Waals surface area (Å²) in [6, 6.07) is 1.44. The van der Waals surface area contributed by atoms with E-state index in [0.717, 1.165) is 0 Å². The molecular weight excluding hydrogens is 283 g/mol. The van der Waals surface area contributed by atoms with E-state index in [4.69, 9.17) is 16.3 Å². The van der Waals surface area contributed by atoms with E-state index in [9.17, 15) is 9.18 Å². The van der Waals surface area contributed by atoms with E-state index in [-0.39, 0.29) is 10.7 Å². The molecule has 0 aliphatic rings. The number of halogens is 2. The Hall–Kier alpha value is -1.80. The minimum atomic E-state index is -0.637. The number of rotatable bonds is 2. The first kappa shape index (κ1) is 16.3. The summed E-state index contributed by atoms with van der Waals surface area (Å²) in [5, 5.41) is 2.35. The van der Waals surface area contributed by atoms with Gasteiger partial charge in [0.25, 0.3) is 0 Å². The molecule has 0 atom stereocenters. The van der Waals surface area contributed by atoms with E-state index in [1.807, 2.05) is 0 Å². The van der Waals surface area contributed by atoms with Gasteiger partial charge in [0.15, 0.2) is 11.0 Å². The van der Waals surface area contributed by atoms with Gasteiger partial charge >= 0.3 is 6.09 Å². The van der Waals surface area contributed by atoms with Crippen LogP contribution < -0.4 is 5.32 Å². The third-order valence-electron chi connectivity index (χ3n) is 1.99. The molecule has 6 heteroatoms. The standard InChI is InChI=1S/C14H16ClFN2O2/c1-14(2,3)20-13(19)18-8-5-4-6-10-7-9-17-12(15)11(10)16/h7,9H,5,8H2,1-3H3,(H,18,19). The van der Waals surface area contributed by atoms with E-state index >= 15 is 0 Å². The van der Waals surface area contributed by atoms with Gasteiger partial charge in [-0.3, -0.25) is 0 Å². The number of ether oxygens (including phenoxy) is 1. The fourth-order valence-electron chi connectivity index (χ4n) is 1.21. The molecule has 0 saturated heterocycles. The Morgan fingerprint density at radius 3 is 2.90 bits per heavy atom. The maximum atomic E-state index is 13.4. The zero-order chi connectivity index (χ0) is 15.2. The predicted octanol–water partition coefficient (Wildman–Crippen LogP) is 3.14. The van der Waals surface area contributed by atoms with Crippen molar-refractivity contribution in [3.05, 3.63) is 28.8 Å². The van der Waals surface area contributed by atoms with E-state index in [0.29, 0.717) is 13.0 Å². The number of nitrogens with zero attached hydrogens (tertiary/aromatic N) is 1. The van der Waals surface area contributed by atoms with Crippen molar-refractivity contribution < 1.29 is 13.9 Å². The number of pyridine rings is 1. The van der Waals surface area contributed by atoms with Crippen molar-refractivity contribution in [2.24, 2.45) is 0 Å². The van der Waals surface area contributed by atoms with Crippen LogP contribution in [0.2, 0.25) is 5.15 Å². The molecule has 0 spiro atoms. The van der Waals surface area contributed by atoms with Crippen LogP contribution in [0.3, 0.4) is 0 Å². The summed E-state index contributed by atoms with van der Waals surface area (Å²) >= 11 is 5.53. The van der Waals surface area contributed by atoms with Gasteiger partial charge in [-0.05, 0) is 26.8 Å². The molecule has 0 saturated carbocycles. The number of hydrogen-bond donors (Lipinski definition) is 1. The molecule has 1 aromatic heterocycles. The van der Waals surface area contributed by atoms with Crippen LogP contribution in [-0.2, 0) is 4.74 Å². The lowest BCUT2D eigenvalue weighted by atomic mass is 10.2. The highest BCUT2D eigenvalue weighted by molar-refractivity contribution is 6.29. The number of aromatic nitrogens is 1. The molecule has 0 aromatic carbocycles. The fraction of sp³-hybridized carbons (Fsp3) is 0.429. The first-order valence-corrected chi connectivity index (χ1v) is 6.43. The zero-order valence-corrected chi connectivity index (χ0v) is 12.3. The molecule has 0 fully saturated rings. The second-order valence-electron chi connectivity index (χ2n) is 4.94. The Morgan fingerprint density at radius 2 is 2.25 bits per heavy atom. The van der Waals surface area contributed by atoms with Gasteiger partial charge < -0.3 is 10.1 Å². The lowest BCUT2D eigenvalue weighted by Crippen LogP contribution is -2.32. The SMILES string of the molecule is CC(C)(C)OC(=O)NCCC#Cc1ccnc(Cl)c1F. The van der Waals surface area contributed by atoms with Gasteiger partial charge in [0.1, 0.15) is 5.60 Å². The van der Waals surface area contributed by atoms with Gasteiger partial charge in [0.2, 0.25) is 0 Å². The Balaban J connectivity index is 2.41. The van der Waals surface area contributed by atoms with Crippen LogP contribution in [0.1, 0.15) is 32.8 Å². The van der Waals surface area contributed by atoms with Gasteiger partial charge in [-0.1, -0.05) is 23.4 Å². The maximum absolute atomic E-state index is 13.4. The van der Waals surface area contributed by atoms with Crippen LogP contribution in [0, 0.1) is 17.7 Å². The molecule has 0 radical (unpaired) electrons. The molecule has 1 rings (SSSR count). The predicted molar refractivity (Wildman–Crippen MR) is 74.9 cm³/mol. The third-order valence-corrected chi connectivity index (χ3v) is 2.25. The molecule has 108 valence electrons. The summed E-state index contributed by atoms with van der Waals surface area (Å²) in [7, 11) is 0. The summed E-state index contributed by atoms with van der Waals surface area (Å²) in [5.74, 6) is 4.74. The summed E-state index contributed by atoms with van der Waals surface area (Å²) in [4.78, 5) is 14.9. The first-order valence-electron chi connectivity index (χ1n) is 6.05. The highest BCUT2D eigenvalue weighted by atomic mass is 35.5. The van der Waals surface area contributed by atoms with E-state index in [2.05, 4.69) is 22.1 Å². The highest BCUT2D eigenvalue weighted by Gasteiger charge is 2.15. The smallest absolute Gasteiger partial charge is 0.407 e. The lowest BCUT2D eigenvalue weighted by molar-refractivity contribution is 0.0529. The van der Waals surface area contributed by atoms with Crippen molar-refractivity contribution in [2.75, 3.05) is 6.54 Å². The fourth-order valence-corrected chi connectivity index (χ4v) is 1.37. The first-order chi connectivity index (χ1) is 9.29. The molecule has 0 unspecified atom stereocenters. The average Bonchev–Trinajstić information content (AvgIpc) is 2.31.